The summed E-state index contributed by atoms with van der Waals surface area (Å²) < 4.78 is 1.85. The first-order chi connectivity index (χ1) is 8.49. The van der Waals surface area contributed by atoms with E-state index in [0.717, 1.165) is 10.7 Å². The molecule has 0 radical (unpaired) electrons. The molecule has 1 N–H and O–H groups in total. The van der Waals surface area contributed by atoms with E-state index in [2.05, 4.69) is 4.98 Å². The molecule has 6 nitrogen and oxygen atoms in total. The minimum Gasteiger partial charge on any atom is -0.481 e. The fourth-order valence-electron chi connectivity index (χ4n) is 1.56. The average Bonchev–Trinajstić information content (AvgIpc) is 2.88. The summed E-state index contributed by atoms with van der Waals surface area (Å²) in [6.07, 6.45) is 1.62. The van der Waals surface area contributed by atoms with Gasteiger partial charge in [-0.2, -0.15) is 0 Å². The highest BCUT2D eigenvalue weighted by atomic mass is 32.1. The lowest BCUT2D eigenvalue weighted by Gasteiger charge is -2.13. The van der Waals surface area contributed by atoms with Crippen molar-refractivity contribution in [2.75, 3.05) is 13.6 Å². The van der Waals surface area contributed by atoms with Crippen LogP contribution in [0.3, 0.4) is 0 Å². The number of carbonyl (C=O) groups excluding carboxylic acids is 1. The van der Waals surface area contributed by atoms with Crippen LogP contribution < -0.4 is 0 Å². The summed E-state index contributed by atoms with van der Waals surface area (Å²) in [5.41, 5.74) is 1.37. The van der Waals surface area contributed by atoms with Gasteiger partial charge in [0.25, 0.3) is 5.91 Å². The predicted molar refractivity (Wildman–Crippen MR) is 67.0 cm³/mol. The molecular weight excluding hydrogens is 254 g/mol. The number of amides is 1. The lowest BCUT2D eigenvalue weighted by atomic mass is 10.3. The topological polar surface area (TPSA) is 74.9 Å². The summed E-state index contributed by atoms with van der Waals surface area (Å²) in [7, 11) is 1.57. The number of hydrogen-bond acceptors (Lipinski definition) is 4. The molecule has 2 aromatic heterocycles. The Labute approximate surface area is 107 Å². The van der Waals surface area contributed by atoms with Gasteiger partial charge in [0.15, 0.2) is 4.96 Å². The number of carboxylic acid groups (broad SMARTS) is 1. The fraction of sp³-hybridized carbons (Fsp3) is 0.364. The summed E-state index contributed by atoms with van der Waals surface area (Å²) in [5.74, 6) is -1.18. The molecule has 18 heavy (non-hydrogen) atoms. The van der Waals surface area contributed by atoms with E-state index in [0.29, 0.717) is 5.69 Å². The quantitative estimate of drug-likeness (QED) is 0.904. The average molecular weight is 267 g/mol. The molecule has 2 heterocycles. The molecule has 0 aliphatic carbocycles. The van der Waals surface area contributed by atoms with Crippen LogP contribution in [0, 0.1) is 6.92 Å². The van der Waals surface area contributed by atoms with Crippen LogP contribution in [-0.4, -0.2) is 44.9 Å². The number of thiazole rings is 1. The van der Waals surface area contributed by atoms with Crippen LogP contribution in [0.5, 0.6) is 0 Å². The van der Waals surface area contributed by atoms with Gasteiger partial charge in [0.1, 0.15) is 5.69 Å². The van der Waals surface area contributed by atoms with Crippen LogP contribution in [0.2, 0.25) is 0 Å². The van der Waals surface area contributed by atoms with Gasteiger partial charge in [-0.05, 0) is 6.92 Å². The summed E-state index contributed by atoms with van der Waals surface area (Å²) in [5, 5.41) is 10.5. The van der Waals surface area contributed by atoms with Crippen LogP contribution in [-0.2, 0) is 4.79 Å². The van der Waals surface area contributed by atoms with Crippen molar-refractivity contribution in [2.24, 2.45) is 0 Å². The lowest BCUT2D eigenvalue weighted by Crippen LogP contribution is -2.29. The van der Waals surface area contributed by atoms with E-state index in [4.69, 9.17) is 5.11 Å². The maximum atomic E-state index is 12.0. The molecule has 2 rings (SSSR count). The molecule has 0 aliphatic rings. The Morgan fingerprint density at radius 1 is 1.56 bits per heavy atom. The monoisotopic (exact) mass is 267 g/mol. The van der Waals surface area contributed by atoms with Crippen molar-refractivity contribution in [2.45, 2.75) is 13.3 Å². The Morgan fingerprint density at radius 3 is 2.89 bits per heavy atom. The highest BCUT2D eigenvalue weighted by Gasteiger charge is 2.17. The first-order valence-corrected chi connectivity index (χ1v) is 6.27. The van der Waals surface area contributed by atoms with Crippen LogP contribution in [0.4, 0.5) is 0 Å². The Balaban J connectivity index is 2.14. The zero-order valence-electron chi connectivity index (χ0n) is 10.1. The Kier molecular flexibility index (Phi) is 3.33. The molecule has 96 valence electrons. The van der Waals surface area contributed by atoms with Crippen molar-refractivity contribution < 1.29 is 14.7 Å². The highest BCUT2D eigenvalue weighted by molar-refractivity contribution is 7.15. The number of aliphatic carboxylic acids is 1. The number of carbonyl (C=O) groups is 2. The van der Waals surface area contributed by atoms with Crippen molar-refractivity contribution in [3.8, 4) is 0 Å². The van der Waals surface area contributed by atoms with E-state index in [1.54, 1.807) is 13.2 Å². The number of aryl methyl sites for hydroxylation is 1. The molecule has 0 fully saturated rings. The van der Waals surface area contributed by atoms with E-state index in [1.165, 1.54) is 16.2 Å². The minimum atomic E-state index is -0.920. The summed E-state index contributed by atoms with van der Waals surface area (Å²) in [4.78, 5) is 28.8. The standard InChI is InChI=1S/C11H13N3O3S/c1-7-6-18-11-12-8(5-14(7)11)10(17)13(2)4-3-9(15)16/h5-6H,3-4H2,1-2H3,(H,15,16). The van der Waals surface area contributed by atoms with Gasteiger partial charge in [0.2, 0.25) is 0 Å². The van der Waals surface area contributed by atoms with E-state index in [9.17, 15) is 9.59 Å². The zero-order valence-corrected chi connectivity index (χ0v) is 10.9. The van der Waals surface area contributed by atoms with E-state index >= 15 is 0 Å². The Bertz CT molecular complexity index is 602. The van der Waals surface area contributed by atoms with Crippen LogP contribution in [0.1, 0.15) is 22.6 Å². The molecule has 0 atom stereocenters. The smallest absolute Gasteiger partial charge is 0.305 e. The van der Waals surface area contributed by atoms with Gasteiger partial charge in [0.05, 0.1) is 6.42 Å². The fourth-order valence-corrected chi connectivity index (χ4v) is 2.41. The largest absolute Gasteiger partial charge is 0.481 e. The highest BCUT2D eigenvalue weighted by Crippen LogP contribution is 2.16. The van der Waals surface area contributed by atoms with Crippen molar-refractivity contribution >= 4 is 28.2 Å². The number of carboxylic acids is 1. The van der Waals surface area contributed by atoms with Crippen LogP contribution >= 0.6 is 11.3 Å². The third-order valence-corrected chi connectivity index (χ3v) is 3.57. The molecule has 0 unspecified atom stereocenters. The number of imidazole rings is 1. The van der Waals surface area contributed by atoms with Crippen molar-refractivity contribution in [3.63, 3.8) is 0 Å². The summed E-state index contributed by atoms with van der Waals surface area (Å²) >= 11 is 1.47. The lowest BCUT2D eigenvalue weighted by molar-refractivity contribution is -0.137. The van der Waals surface area contributed by atoms with Gasteiger partial charge >= 0.3 is 5.97 Å². The normalized spacial score (nSPS) is 10.8. The van der Waals surface area contributed by atoms with Crippen molar-refractivity contribution in [3.05, 3.63) is 23.0 Å². The number of rotatable bonds is 4. The van der Waals surface area contributed by atoms with E-state index in [-0.39, 0.29) is 18.9 Å². The first-order valence-electron chi connectivity index (χ1n) is 5.39. The van der Waals surface area contributed by atoms with Crippen molar-refractivity contribution in [1.82, 2.24) is 14.3 Å². The van der Waals surface area contributed by atoms with E-state index in [1.807, 2.05) is 16.7 Å². The molecule has 0 aromatic carbocycles. The molecule has 0 aliphatic heterocycles. The maximum absolute atomic E-state index is 12.0. The van der Waals surface area contributed by atoms with Gasteiger partial charge < -0.3 is 10.0 Å². The summed E-state index contributed by atoms with van der Waals surface area (Å²) in [6.45, 7) is 2.12. The Hall–Kier alpha value is -1.89. The van der Waals surface area contributed by atoms with Gasteiger partial charge in [-0.3, -0.25) is 14.0 Å². The van der Waals surface area contributed by atoms with Crippen LogP contribution in [0.25, 0.3) is 4.96 Å². The SMILES string of the molecule is Cc1csc2nc(C(=O)N(C)CCC(=O)O)cn12. The molecular formula is C11H13N3O3S. The first kappa shape index (κ1) is 12.6. The number of nitrogens with zero attached hydrogens (tertiary/aromatic N) is 3. The number of hydrogen-bond donors (Lipinski definition) is 1. The molecule has 0 bridgehead atoms. The minimum absolute atomic E-state index is 0.0660. The predicted octanol–water partition coefficient (Wildman–Crippen LogP) is 1.25. The maximum Gasteiger partial charge on any atom is 0.305 e. The second kappa shape index (κ2) is 4.77. The molecule has 0 saturated carbocycles. The van der Waals surface area contributed by atoms with Gasteiger partial charge in [-0.25, -0.2) is 4.98 Å². The van der Waals surface area contributed by atoms with Crippen molar-refractivity contribution in [1.29, 1.82) is 0 Å². The van der Waals surface area contributed by atoms with Gasteiger partial charge in [-0.1, -0.05) is 0 Å². The van der Waals surface area contributed by atoms with Gasteiger partial charge in [-0.15, -0.1) is 11.3 Å². The summed E-state index contributed by atoms with van der Waals surface area (Å²) in [6, 6.07) is 0. The molecule has 0 saturated heterocycles. The second-order valence-electron chi connectivity index (χ2n) is 4.03. The Morgan fingerprint density at radius 2 is 2.28 bits per heavy atom. The third kappa shape index (κ3) is 2.35. The second-order valence-corrected chi connectivity index (χ2v) is 4.86. The number of fused-ring (bicyclic) bond motifs is 1. The molecule has 7 heteroatoms. The molecule has 1 amide bonds. The van der Waals surface area contributed by atoms with Crippen LogP contribution in [0.15, 0.2) is 11.6 Å². The van der Waals surface area contributed by atoms with E-state index < -0.39 is 5.97 Å². The molecule has 2 aromatic rings. The molecule has 0 spiro atoms. The number of aromatic nitrogens is 2. The third-order valence-electron chi connectivity index (χ3n) is 2.62. The van der Waals surface area contributed by atoms with Gasteiger partial charge in [0, 0.05) is 30.9 Å². The zero-order chi connectivity index (χ0) is 13.3.